The highest BCUT2D eigenvalue weighted by molar-refractivity contribution is 5.57. The Morgan fingerprint density at radius 1 is 1.06 bits per heavy atom. The van der Waals surface area contributed by atoms with E-state index in [9.17, 15) is 18.3 Å². The number of methoxy groups -OCH3 is 1. The summed E-state index contributed by atoms with van der Waals surface area (Å²) >= 11 is 0. The smallest absolute Gasteiger partial charge is 0.416 e. The van der Waals surface area contributed by atoms with E-state index in [1.54, 1.807) is 0 Å². The third kappa shape index (κ3) is 2.69. The van der Waals surface area contributed by atoms with E-state index < -0.39 is 22.9 Å². The zero-order valence-electron chi connectivity index (χ0n) is 16.7. The Morgan fingerprint density at radius 2 is 1.77 bits per heavy atom. The van der Waals surface area contributed by atoms with Gasteiger partial charge in [0.2, 0.25) is 0 Å². The lowest BCUT2D eigenvalue weighted by molar-refractivity contribution is -0.137. The van der Waals surface area contributed by atoms with Crippen LogP contribution in [0.3, 0.4) is 0 Å². The van der Waals surface area contributed by atoms with Crippen molar-refractivity contribution in [2.45, 2.75) is 36.1 Å². The lowest BCUT2D eigenvalue weighted by atomic mass is 9.71. The first-order valence-corrected chi connectivity index (χ1v) is 9.98. The van der Waals surface area contributed by atoms with Crippen LogP contribution in [0.25, 0.3) is 0 Å². The van der Waals surface area contributed by atoms with E-state index in [4.69, 9.17) is 9.47 Å². The molecule has 3 aromatic rings. The molecule has 0 radical (unpaired) electrons. The maximum Gasteiger partial charge on any atom is 0.416 e. The molecule has 2 aromatic carbocycles. The molecule has 1 aromatic heterocycles. The van der Waals surface area contributed by atoms with Crippen LogP contribution >= 0.6 is 0 Å². The fourth-order valence-corrected chi connectivity index (χ4v) is 5.23. The summed E-state index contributed by atoms with van der Waals surface area (Å²) in [7, 11) is 1.49. The highest BCUT2D eigenvalue weighted by atomic mass is 19.4. The molecule has 3 atom stereocenters. The van der Waals surface area contributed by atoms with Crippen LogP contribution in [0.2, 0.25) is 0 Å². The van der Waals surface area contributed by atoms with Crippen molar-refractivity contribution >= 4 is 0 Å². The van der Waals surface area contributed by atoms with Crippen LogP contribution in [0.4, 0.5) is 13.2 Å². The number of hydrogen-bond donors (Lipinski definition) is 1. The van der Waals surface area contributed by atoms with E-state index in [2.05, 4.69) is 4.98 Å². The van der Waals surface area contributed by atoms with Crippen molar-refractivity contribution in [2.75, 3.05) is 7.11 Å². The summed E-state index contributed by atoms with van der Waals surface area (Å²) < 4.78 is 51.5. The molecule has 0 saturated heterocycles. The molecule has 0 spiro atoms. The average molecular weight is 427 g/mol. The number of nitrogens with zero attached hydrogens (tertiary/aromatic N) is 1. The number of hydrogen-bond acceptors (Lipinski definition) is 4. The van der Waals surface area contributed by atoms with Gasteiger partial charge in [-0.25, -0.2) is 0 Å². The number of aromatic nitrogens is 1. The molecule has 1 aliphatic heterocycles. The average Bonchev–Trinajstić information content (AvgIpc) is 3.21. The first-order valence-electron chi connectivity index (χ1n) is 9.98. The molecule has 1 aliphatic carbocycles. The van der Waals surface area contributed by atoms with Gasteiger partial charge in [-0.3, -0.25) is 4.98 Å². The minimum absolute atomic E-state index is 0.285. The molecule has 1 fully saturated rings. The Bertz CT molecular complexity index is 1120. The standard InChI is InChI=1S/C24H20F3NO3/c1-30-19-13-28-14-20-21(19)22(29)12-11-18(15-5-3-2-4-6-15)23(22,31-20)16-7-9-17(10-8-16)24(25,26)27/h2-10,13-14,18,29H,11-12H2,1H3/t18-,22?,23?/m0/s1. The third-order valence-electron chi connectivity index (χ3n) is 6.52. The Kier molecular flexibility index (Phi) is 4.31. The summed E-state index contributed by atoms with van der Waals surface area (Å²) in [6.45, 7) is 0. The normalized spacial score (nSPS) is 26.8. The van der Waals surface area contributed by atoms with Crippen LogP contribution in [0.15, 0.2) is 67.0 Å². The number of fused-ring (bicyclic) bond motifs is 3. The number of alkyl halides is 3. The maximum absolute atomic E-state index is 13.2. The molecule has 2 unspecified atom stereocenters. The fraction of sp³-hybridized carbons (Fsp3) is 0.292. The van der Waals surface area contributed by atoms with Gasteiger partial charge >= 0.3 is 6.18 Å². The van der Waals surface area contributed by atoms with Crippen molar-refractivity contribution in [3.63, 3.8) is 0 Å². The van der Waals surface area contributed by atoms with Gasteiger partial charge in [-0.15, -0.1) is 0 Å². The quantitative estimate of drug-likeness (QED) is 0.627. The van der Waals surface area contributed by atoms with Crippen molar-refractivity contribution in [1.82, 2.24) is 4.98 Å². The zero-order chi connectivity index (χ0) is 21.9. The summed E-state index contributed by atoms with van der Waals surface area (Å²) in [6.07, 6.45) is -0.470. The molecule has 4 nitrogen and oxygen atoms in total. The monoisotopic (exact) mass is 427 g/mol. The Morgan fingerprint density at radius 3 is 2.42 bits per heavy atom. The van der Waals surface area contributed by atoms with Gasteiger partial charge in [-0.2, -0.15) is 13.2 Å². The lowest BCUT2D eigenvalue weighted by Crippen LogP contribution is -2.48. The molecule has 2 aliphatic rings. The summed E-state index contributed by atoms with van der Waals surface area (Å²) in [6, 6.07) is 14.5. The van der Waals surface area contributed by atoms with Gasteiger partial charge in [0.1, 0.15) is 17.1 Å². The van der Waals surface area contributed by atoms with Crippen LogP contribution in [-0.4, -0.2) is 17.2 Å². The molecule has 31 heavy (non-hydrogen) atoms. The second-order valence-electron chi connectivity index (χ2n) is 7.99. The predicted molar refractivity (Wildman–Crippen MR) is 107 cm³/mol. The molecular weight excluding hydrogens is 407 g/mol. The van der Waals surface area contributed by atoms with Gasteiger partial charge in [0.15, 0.2) is 5.60 Å². The molecule has 160 valence electrons. The highest BCUT2D eigenvalue weighted by Gasteiger charge is 2.69. The van der Waals surface area contributed by atoms with Crippen molar-refractivity contribution in [1.29, 1.82) is 0 Å². The first kappa shape index (κ1) is 19.9. The van der Waals surface area contributed by atoms with Gasteiger partial charge in [0.25, 0.3) is 0 Å². The minimum Gasteiger partial charge on any atom is -0.495 e. The van der Waals surface area contributed by atoms with E-state index in [0.717, 1.165) is 17.7 Å². The topological polar surface area (TPSA) is 51.6 Å². The molecule has 1 N–H and O–H groups in total. The second-order valence-corrected chi connectivity index (χ2v) is 7.99. The fourth-order valence-electron chi connectivity index (χ4n) is 5.23. The molecule has 2 heterocycles. The van der Waals surface area contributed by atoms with E-state index in [1.807, 2.05) is 30.3 Å². The van der Waals surface area contributed by atoms with Gasteiger partial charge in [-0.05, 0) is 36.1 Å². The van der Waals surface area contributed by atoms with Crippen molar-refractivity contribution in [3.05, 3.63) is 89.2 Å². The second kappa shape index (κ2) is 6.72. The molecule has 0 amide bonds. The summed E-state index contributed by atoms with van der Waals surface area (Å²) in [4.78, 5) is 4.14. The summed E-state index contributed by atoms with van der Waals surface area (Å²) in [5.74, 6) is 0.484. The Labute approximate surface area is 177 Å². The van der Waals surface area contributed by atoms with Crippen molar-refractivity contribution in [2.24, 2.45) is 0 Å². The van der Waals surface area contributed by atoms with Crippen LogP contribution < -0.4 is 9.47 Å². The predicted octanol–water partition coefficient (Wildman–Crippen LogP) is 5.16. The number of ether oxygens (including phenoxy) is 2. The molecule has 1 saturated carbocycles. The van der Waals surface area contributed by atoms with E-state index >= 15 is 0 Å². The van der Waals surface area contributed by atoms with Crippen molar-refractivity contribution < 1.29 is 27.8 Å². The highest BCUT2D eigenvalue weighted by Crippen LogP contribution is 2.67. The van der Waals surface area contributed by atoms with Crippen LogP contribution in [-0.2, 0) is 17.4 Å². The van der Waals surface area contributed by atoms with Crippen LogP contribution in [0.1, 0.15) is 41.0 Å². The van der Waals surface area contributed by atoms with E-state index in [0.29, 0.717) is 35.5 Å². The Hall–Kier alpha value is -3.06. The van der Waals surface area contributed by atoms with Crippen LogP contribution in [0, 0.1) is 0 Å². The Balaban J connectivity index is 1.74. The van der Waals surface area contributed by atoms with Gasteiger partial charge in [0, 0.05) is 5.92 Å². The number of benzene rings is 2. The van der Waals surface area contributed by atoms with Gasteiger partial charge in [0.05, 0.1) is 30.6 Å². The molecule has 0 bridgehead atoms. The molecule has 5 rings (SSSR count). The lowest BCUT2D eigenvalue weighted by Gasteiger charge is -2.40. The van der Waals surface area contributed by atoms with Crippen molar-refractivity contribution in [3.8, 4) is 11.5 Å². The van der Waals surface area contributed by atoms with E-state index in [1.165, 1.54) is 31.6 Å². The molecule has 7 heteroatoms. The zero-order valence-corrected chi connectivity index (χ0v) is 16.7. The minimum atomic E-state index is -4.45. The molecular formula is C24H20F3NO3. The third-order valence-corrected chi connectivity index (χ3v) is 6.52. The number of aliphatic hydroxyl groups is 1. The maximum atomic E-state index is 13.2. The SMILES string of the molecule is COc1cncc2c1C1(O)CC[C@@H](c3ccccc3)C1(c1ccc(C(F)(F)F)cc1)O2. The number of halogens is 3. The summed E-state index contributed by atoms with van der Waals surface area (Å²) in [5.41, 5.74) is -1.64. The number of pyridine rings is 1. The largest absolute Gasteiger partial charge is 0.495 e. The van der Waals surface area contributed by atoms with Gasteiger partial charge in [-0.1, -0.05) is 42.5 Å². The van der Waals surface area contributed by atoms with Gasteiger partial charge < -0.3 is 14.6 Å². The first-order chi connectivity index (χ1) is 14.8. The summed E-state index contributed by atoms with van der Waals surface area (Å²) in [5, 5.41) is 12.1. The van der Waals surface area contributed by atoms with Crippen LogP contribution in [0.5, 0.6) is 11.5 Å². The number of rotatable bonds is 3. The van der Waals surface area contributed by atoms with E-state index in [-0.39, 0.29) is 5.92 Å².